The van der Waals surface area contributed by atoms with Gasteiger partial charge in [0.05, 0.1) is 32.6 Å². The number of methoxy groups -OCH3 is 1. The quantitative estimate of drug-likeness (QED) is 0.594. The molecule has 0 unspecified atom stereocenters. The number of ether oxygens (including phenoxy) is 2. The highest BCUT2D eigenvalue weighted by Gasteiger charge is 2.27. The summed E-state index contributed by atoms with van der Waals surface area (Å²) < 4.78 is 40.4. The van der Waals surface area contributed by atoms with E-state index >= 15 is 0 Å². The van der Waals surface area contributed by atoms with Crippen molar-refractivity contribution in [3.63, 3.8) is 0 Å². The molecule has 8 heteroatoms. The van der Waals surface area contributed by atoms with Crippen molar-refractivity contribution in [2.45, 2.75) is 20.4 Å². The largest absolute Gasteiger partial charge is 0.497 e. The fourth-order valence-electron chi connectivity index (χ4n) is 4.31. The molecule has 0 aliphatic carbocycles. The van der Waals surface area contributed by atoms with Crippen LogP contribution in [0.25, 0.3) is 0 Å². The second kappa shape index (κ2) is 9.62. The Balaban J connectivity index is 1.74. The lowest BCUT2D eigenvalue weighted by atomic mass is 10.1. The Bertz CT molecular complexity index is 1150. The molecule has 0 radical (unpaired) electrons. The van der Waals surface area contributed by atoms with E-state index in [1.807, 2.05) is 13.8 Å². The van der Waals surface area contributed by atoms with E-state index in [0.717, 1.165) is 23.0 Å². The maximum absolute atomic E-state index is 14.5. The van der Waals surface area contributed by atoms with Crippen LogP contribution < -0.4 is 15.0 Å². The monoisotopic (exact) mass is 455 g/mol. The van der Waals surface area contributed by atoms with Gasteiger partial charge in [0.15, 0.2) is 0 Å². The molecule has 33 heavy (non-hydrogen) atoms. The molecular weight excluding hydrogens is 428 g/mol. The van der Waals surface area contributed by atoms with Crippen molar-refractivity contribution in [3.8, 4) is 5.75 Å². The first-order chi connectivity index (χ1) is 15.9. The smallest absolute Gasteiger partial charge is 0.272 e. The van der Waals surface area contributed by atoms with Gasteiger partial charge < -0.3 is 24.3 Å². The van der Waals surface area contributed by atoms with Crippen molar-refractivity contribution in [3.05, 3.63) is 76.6 Å². The van der Waals surface area contributed by atoms with Crippen LogP contribution in [-0.4, -0.2) is 43.9 Å². The average molecular weight is 456 g/mol. The number of aromatic nitrogens is 1. The summed E-state index contributed by atoms with van der Waals surface area (Å²) in [6.07, 6.45) is 0. The zero-order valence-electron chi connectivity index (χ0n) is 19.0. The van der Waals surface area contributed by atoms with Crippen LogP contribution >= 0.6 is 0 Å². The number of hydrogen-bond acceptors (Lipinski definition) is 4. The SMILES string of the molecule is COc1ccc(NC(=O)c2c(C)c(N3CCOCC3)c(C)n2Cc2ccc(F)cc2F)cc1. The first kappa shape index (κ1) is 22.8. The molecule has 0 atom stereocenters. The van der Waals surface area contributed by atoms with E-state index in [0.29, 0.717) is 49.0 Å². The van der Waals surface area contributed by atoms with Gasteiger partial charge in [0, 0.05) is 41.7 Å². The predicted octanol–water partition coefficient (Wildman–Crippen LogP) is 4.53. The van der Waals surface area contributed by atoms with E-state index in [2.05, 4.69) is 10.2 Å². The Morgan fingerprint density at radius 1 is 1.09 bits per heavy atom. The van der Waals surface area contributed by atoms with Crippen LogP contribution in [0.4, 0.5) is 20.2 Å². The highest BCUT2D eigenvalue weighted by molar-refractivity contribution is 6.05. The molecule has 0 saturated carbocycles. The van der Waals surface area contributed by atoms with Crippen LogP contribution in [0.3, 0.4) is 0 Å². The van der Waals surface area contributed by atoms with Gasteiger partial charge in [0.2, 0.25) is 0 Å². The summed E-state index contributed by atoms with van der Waals surface area (Å²) in [4.78, 5) is 15.6. The normalized spacial score (nSPS) is 13.8. The minimum absolute atomic E-state index is 0.106. The van der Waals surface area contributed by atoms with Crippen molar-refractivity contribution < 1.29 is 23.0 Å². The van der Waals surface area contributed by atoms with Gasteiger partial charge in [-0.3, -0.25) is 4.79 Å². The first-order valence-corrected chi connectivity index (χ1v) is 10.8. The Kier molecular flexibility index (Phi) is 6.65. The zero-order chi connectivity index (χ0) is 23.5. The van der Waals surface area contributed by atoms with Crippen LogP contribution in [0, 0.1) is 25.5 Å². The summed E-state index contributed by atoms with van der Waals surface area (Å²) in [5, 5.41) is 2.93. The zero-order valence-corrected chi connectivity index (χ0v) is 19.0. The fraction of sp³-hybridized carbons (Fsp3) is 0.320. The van der Waals surface area contributed by atoms with E-state index in [-0.39, 0.29) is 12.5 Å². The summed E-state index contributed by atoms with van der Waals surface area (Å²) in [5.41, 5.74) is 3.96. The van der Waals surface area contributed by atoms with Gasteiger partial charge in [-0.25, -0.2) is 8.78 Å². The molecule has 1 amide bonds. The van der Waals surface area contributed by atoms with Crippen LogP contribution in [-0.2, 0) is 11.3 Å². The molecule has 4 rings (SSSR count). The number of amides is 1. The highest BCUT2D eigenvalue weighted by Crippen LogP contribution is 2.33. The van der Waals surface area contributed by atoms with Gasteiger partial charge in [0.1, 0.15) is 23.1 Å². The Hall–Kier alpha value is -3.39. The second-order valence-electron chi connectivity index (χ2n) is 8.01. The van der Waals surface area contributed by atoms with Crippen LogP contribution in [0.15, 0.2) is 42.5 Å². The number of carbonyl (C=O) groups is 1. The Labute approximate surface area is 191 Å². The summed E-state index contributed by atoms with van der Waals surface area (Å²) in [6, 6.07) is 10.5. The van der Waals surface area contributed by atoms with Crippen molar-refractivity contribution in [2.75, 3.05) is 43.6 Å². The summed E-state index contributed by atoms with van der Waals surface area (Å²) in [5.74, 6) is -0.897. The van der Waals surface area contributed by atoms with Crippen LogP contribution in [0.1, 0.15) is 27.3 Å². The third kappa shape index (κ3) is 4.71. The number of nitrogens with one attached hydrogen (secondary N) is 1. The molecule has 1 aliphatic heterocycles. The highest BCUT2D eigenvalue weighted by atomic mass is 19.1. The van der Waals surface area contributed by atoms with Crippen molar-refractivity contribution >= 4 is 17.3 Å². The van der Waals surface area contributed by atoms with E-state index < -0.39 is 11.6 Å². The maximum Gasteiger partial charge on any atom is 0.272 e. The van der Waals surface area contributed by atoms with E-state index in [9.17, 15) is 13.6 Å². The van der Waals surface area contributed by atoms with Gasteiger partial charge in [-0.05, 0) is 44.2 Å². The minimum Gasteiger partial charge on any atom is -0.497 e. The minimum atomic E-state index is -0.643. The van der Waals surface area contributed by atoms with Crippen molar-refractivity contribution in [1.82, 2.24) is 4.57 Å². The molecule has 2 heterocycles. The fourth-order valence-corrected chi connectivity index (χ4v) is 4.31. The molecule has 1 fully saturated rings. The number of halogens is 2. The molecular formula is C25H27F2N3O3. The van der Waals surface area contributed by atoms with Crippen LogP contribution in [0.5, 0.6) is 5.75 Å². The second-order valence-corrected chi connectivity index (χ2v) is 8.01. The van der Waals surface area contributed by atoms with Gasteiger partial charge in [-0.15, -0.1) is 0 Å². The maximum atomic E-state index is 14.5. The third-order valence-corrected chi connectivity index (χ3v) is 5.96. The predicted molar refractivity (Wildman–Crippen MR) is 123 cm³/mol. The van der Waals surface area contributed by atoms with Gasteiger partial charge in [-0.1, -0.05) is 6.07 Å². The number of hydrogen-bond donors (Lipinski definition) is 1. The van der Waals surface area contributed by atoms with Crippen molar-refractivity contribution in [1.29, 1.82) is 0 Å². The molecule has 0 bridgehead atoms. The van der Waals surface area contributed by atoms with E-state index in [4.69, 9.17) is 9.47 Å². The molecule has 3 aromatic rings. The summed E-state index contributed by atoms with van der Waals surface area (Å²) in [6.45, 7) is 6.54. The lowest BCUT2D eigenvalue weighted by Gasteiger charge is -2.29. The molecule has 1 aliphatic rings. The molecule has 0 spiro atoms. The number of rotatable bonds is 6. The molecule has 174 valence electrons. The van der Waals surface area contributed by atoms with E-state index in [1.54, 1.807) is 35.9 Å². The summed E-state index contributed by atoms with van der Waals surface area (Å²) >= 11 is 0. The van der Waals surface area contributed by atoms with Gasteiger partial charge >= 0.3 is 0 Å². The molecule has 2 aromatic carbocycles. The number of benzene rings is 2. The molecule has 1 saturated heterocycles. The topological polar surface area (TPSA) is 55.7 Å². The van der Waals surface area contributed by atoms with Gasteiger partial charge in [-0.2, -0.15) is 0 Å². The Morgan fingerprint density at radius 3 is 2.42 bits per heavy atom. The van der Waals surface area contributed by atoms with E-state index in [1.165, 1.54) is 12.1 Å². The third-order valence-electron chi connectivity index (χ3n) is 5.96. The van der Waals surface area contributed by atoms with Crippen molar-refractivity contribution in [2.24, 2.45) is 0 Å². The Morgan fingerprint density at radius 2 is 1.79 bits per heavy atom. The average Bonchev–Trinajstić information content (AvgIpc) is 3.06. The number of morpholine rings is 1. The first-order valence-electron chi connectivity index (χ1n) is 10.8. The van der Waals surface area contributed by atoms with Gasteiger partial charge in [0.25, 0.3) is 5.91 Å². The van der Waals surface area contributed by atoms with Crippen LogP contribution in [0.2, 0.25) is 0 Å². The number of carbonyl (C=O) groups excluding carboxylic acids is 1. The summed E-state index contributed by atoms with van der Waals surface area (Å²) in [7, 11) is 1.58. The molecule has 6 nitrogen and oxygen atoms in total. The lowest BCUT2D eigenvalue weighted by Crippen LogP contribution is -2.36. The molecule has 1 N–H and O–H groups in total. The number of anilines is 2. The lowest BCUT2D eigenvalue weighted by molar-refractivity contribution is 0.101. The molecule has 1 aromatic heterocycles. The standard InChI is InChI=1S/C25H27F2N3O3/c1-16-23(29-10-12-33-13-11-29)17(2)30(15-18-4-5-19(26)14-22(18)27)24(16)25(31)28-20-6-8-21(32-3)9-7-20/h4-9,14H,10-13,15H2,1-3H3,(H,28,31). The number of nitrogens with zero attached hydrogens (tertiary/aromatic N) is 2.